The number of rotatable bonds is 2. The standard InChI is InChI=1S/C13H16N2/c14-13(15-10-6-7-10)12-8-5-9-3-1-2-4-11(9)12/h1-4,10,12H,5-8H2,(H2,14,15). The van der Waals surface area contributed by atoms with E-state index in [1.54, 1.807) is 0 Å². The third-order valence-electron chi connectivity index (χ3n) is 3.37. The number of aliphatic imine (C=N–C) groups is 1. The Bertz CT molecular complexity index is 405. The predicted octanol–water partition coefficient (Wildman–Crippen LogP) is 2.24. The summed E-state index contributed by atoms with van der Waals surface area (Å²) in [5.74, 6) is 1.25. The van der Waals surface area contributed by atoms with Crippen LogP contribution in [0.15, 0.2) is 29.3 Å². The number of nitrogens with two attached hydrogens (primary N) is 1. The van der Waals surface area contributed by atoms with Crippen molar-refractivity contribution in [1.82, 2.24) is 0 Å². The molecule has 15 heavy (non-hydrogen) atoms. The molecule has 0 aromatic heterocycles. The van der Waals surface area contributed by atoms with E-state index in [4.69, 9.17) is 5.73 Å². The number of nitrogens with zero attached hydrogens (tertiary/aromatic N) is 1. The highest BCUT2D eigenvalue weighted by atomic mass is 14.9. The molecule has 0 saturated heterocycles. The minimum Gasteiger partial charge on any atom is -0.387 e. The molecule has 0 spiro atoms. The number of hydrogen-bond donors (Lipinski definition) is 1. The van der Waals surface area contributed by atoms with Crippen LogP contribution in [0.25, 0.3) is 0 Å². The first kappa shape index (κ1) is 8.96. The molecule has 0 aliphatic heterocycles. The molecule has 0 radical (unpaired) electrons. The van der Waals surface area contributed by atoms with Gasteiger partial charge in [-0.1, -0.05) is 24.3 Å². The molecule has 1 aromatic rings. The summed E-state index contributed by atoms with van der Waals surface area (Å²) in [5.41, 5.74) is 8.94. The first-order valence-corrected chi connectivity index (χ1v) is 5.75. The maximum Gasteiger partial charge on any atom is 0.102 e. The predicted molar refractivity (Wildman–Crippen MR) is 62.1 cm³/mol. The van der Waals surface area contributed by atoms with Crippen molar-refractivity contribution in [3.8, 4) is 0 Å². The number of benzene rings is 1. The van der Waals surface area contributed by atoms with Gasteiger partial charge < -0.3 is 5.73 Å². The van der Waals surface area contributed by atoms with Gasteiger partial charge in [-0.3, -0.25) is 4.99 Å². The molecule has 0 heterocycles. The Morgan fingerprint density at radius 3 is 2.80 bits per heavy atom. The van der Waals surface area contributed by atoms with Crippen molar-refractivity contribution in [3.63, 3.8) is 0 Å². The summed E-state index contributed by atoms with van der Waals surface area (Å²) in [6.45, 7) is 0. The van der Waals surface area contributed by atoms with E-state index in [1.165, 1.54) is 24.0 Å². The SMILES string of the molecule is NC(=NC1CC1)C1CCc2ccccc21. The summed E-state index contributed by atoms with van der Waals surface area (Å²) >= 11 is 0. The molecule has 2 heteroatoms. The minimum atomic E-state index is 0.391. The third kappa shape index (κ3) is 1.65. The van der Waals surface area contributed by atoms with Crippen LogP contribution in [0.4, 0.5) is 0 Å². The highest BCUT2D eigenvalue weighted by molar-refractivity contribution is 5.88. The number of aryl methyl sites for hydroxylation is 1. The van der Waals surface area contributed by atoms with Crippen molar-refractivity contribution < 1.29 is 0 Å². The maximum atomic E-state index is 6.08. The van der Waals surface area contributed by atoms with Crippen LogP contribution in [0, 0.1) is 0 Å². The molecule has 0 bridgehead atoms. The fourth-order valence-electron chi connectivity index (χ4n) is 2.37. The largest absolute Gasteiger partial charge is 0.387 e. The van der Waals surface area contributed by atoms with Gasteiger partial charge in [-0.2, -0.15) is 0 Å². The van der Waals surface area contributed by atoms with Gasteiger partial charge in [0.25, 0.3) is 0 Å². The zero-order valence-corrected chi connectivity index (χ0v) is 8.82. The average Bonchev–Trinajstić information content (AvgIpc) is 2.96. The van der Waals surface area contributed by atoms with Crippen LogP contribution in [0.5, 0.6) is 0 Å². The summed E-state index contributed by atoms with van der Waals surface area (Å²) in [6.07, 6.45) is 4.76. The summed E-state index contributed by atoms with van der Waals surface area (Å²) in [5, 5.41) is 0. The van der Waals surface area contributed by atoms with E-state index in [0.717, 1.165) is 18.7 Å². The first-order chi connectivity index (χ1) is 7.34. The van der Waals surface area contributed by atoms with Crippen molar-refractivity contribution in [2.24, 2.45) is 10.7 Å². The highest BCUT2D eigenvalue weighted by Gasteiger charge is 2.27. The fourth-order valence-corrected chi connectivity index (χ4v) is 2.37. The Kier molecular flexibility index (Phi) is 2.01. The minimum absolute atomic E-state index is 0.391. The van der Waals surface area contributed by atoms with Crippen molar-refractivity contribution in [1.29, 1.82) is 0 Å². The topological polar surface area (TPSA) is 38.4 Å². The van der Waals surface area contributed by atoms with Crippen LogP contribution < -0.4 is 5.73 Å². The maximum absolute atomic E-state index is 6.08. The van der Waals surface area contributed by atoms with E-state index in [0.29, 0.717) is 12.0 Å². The second-order valence-electron chi connectivity index (χ2n) is 4.58. The van der Waals surface area contributed by atoms with Crippen molar-refractivity contribution in [2.75, 3.05) is 0 Å². The third-order valence-corrected chi connectivity index (χ3v) is 3.37. The van der Waals surface area contributed by atoms with E-state index in [-0.39, 0.29) is 0 Å². The number of fused-ring (bicyclic) bond motifs is 1. The molecule has 2 N–H and O–H groups in total. The fraction of sp³-hybridized carbons (Fsp3) is 0.462. The molecule has 1 fully saturated rings. The lowest BCUT2D eigenvalue weighted by Crippen LogP contribution is -2.20. The van der Waals surface area contributed by atoms with E-state index in [9.17, 15) is 0 Å². The Labute approximate surface area is 90.2 Å². The Morgan fingerprint density at radius 2 is 2.00 bits per heavy atom. The van der Waals surface area contributed by atoms with Crippen LogP contribution >= 0.6 is 0 Å². The number of amidine groups is 1. The molecule has 1 unspecified atom stereocenters. The lowest BCUT2D eigenvalue weighted by atomic mass is 10.0. The van der Waals surface area contributed by atoms with Crippen LogP contribution in [-0.2, 0) is 6.42 Å². The van der Waals surface area contributed by atoms with Gasteiger partial charge in [-0.25, -0.2) is 0 Å². The van der Waals surface area contributed by atoms with Gasteiger partial charge in [0, 0.05) is 5.92 Å². The molecule has 2 aliphatic rings. The highest BCUT2D eigenvalue weighted by Crippen LogP contribution is 2.34. The van der Waals surface area contributed by atoms with E-state index in [1.807, 2.05) is 0 Å². The number of hydrogen-bond acceptors (Lipinski definition) is 1. The van der Waals surface area contributed by atoms with E-state index >= 15 is 0 Å². The Balaban J connectivity index is 1.89. The summed E-state index contributed by atoms with van der Waals surface area (Å²) in [7, 11) is 0. The smallest absolute Gasteiger partial charge is 0.102 e. The van der Waals surface area contributed by atoms with E-state index < -0.39 is 0 Å². The van der Waals surface area contributed by atoms with Crippen LogP contribution in [0.2, 0.25) is 0 Å². The quantitative estimate of drug-likeness (QED) is 0.577. The first-order valence-electron chi connectivity index (χ1n) is 5.75. The van der Waals surface area contributed by atoms with Gasteiger partial charge >= 0.3 is 0 Å². The average molecular weight is 200 g/mol. The molecule has 0 amide bonds. The molecule has 78 valence electrons. The van der Waals surface area contributed by atoms with Gasteiger partial charge in [0.15, 0.2) is 0 Å². The molecule has 3 rings (SSSR count). The lowest BCUT2D eigenvalue weighted by molar-refractivity contribution is 0.831. The zero-order chi connectivity index (χ0) is 10.3. The van der Waals surface area contributed by atoms with Gasteiger partial charge in [-0.05, 0) is 36.8 Å². The lowest BCUT2D eigenvalue weighted by Gasteiger charge is -2.10. The van der Waals surface area contributed by atoms with Gasteiger partial charge in [0.2, 0.25) is 0 Å². The van der Waals surface area contributed by atoms with Gasteiger partial charge in [-0.15, -0.1) is 0 Å². The second kappa shape index (κ2) is 3.37. The molecule has 2 nitrogen and oxygen atoms in total. The monoisotopic (exact) mass is 200 g/mol. The normalized spacial score (nSPS) is 25.3. The molecule has 2 aliphatic carbocycles. The van der Waals surface area contributed by atoms with E-state index in [2.05, 4.69) is 29.3 Å². The van der Waals surface area contributed by atoms with Gasteiger partial charge in [0.1, 0.15) is 5.84 Å². The zero-order valence-electron chi connectivity index (χ0n) is 8.82. The summed E-state index contributed by atoms with van der Waals surface area (Å²) < 4.78 is 0. The molecule has 1 atom stereocenters. The van der Waals surface area contributed by atoms with Crippen molar-refractivity contribution >= 4 is 5.84 Å². The molecule has 1 saturated carbocycles. The van der Waals surface area contributed by atoms with Crippen molar-refractivity contribution in [3.05, 3.63) is 35.4 Å². The van der Waals surface area contributed by atoms with Crippen LogP contribution in [0.3, 0.4) is 0 Å². The Hall–Kier alpha value is -1.31. The molecular formula is C13H16N2. The van der Waals surface area contributed by atoms with Crippen LogP contribution in [-0.4, -0.2) is 11.9 Å². The van der Waals surface area contributed by atoms with Crippen molar-refractivity contribution in [2.45, 2.75) is 37.6 Å². The summed E-state index contributed by atoms with van der Waals surface area (Å²) in [4.78, 5) is 4.56. The second-order valence-corrected chi connectivity index (χ2v) is 4.58. The molecular weight excluding hydrogens is 184 g/mol. The van der Waals surface area contributed by atoms with Crippen LogP contribution in [0.1, 0.15) is 36.3 Å². The summed E-state index contributed by atoms with van der Waals surface area (Å²) in [6, 6.07) is 9.15. The van der Waals surface area contributed by atoms with Gasteiger partial charge in [0.05, 0.1) is 6.04 Å². The molecule has 1 aromatic carbocycles. The Morgan fingerprint density at radius 1 is 1.20 bits per heavy atom.